The van der Waals surface area contributed by atoms with Crippen molar-refractivity contribution >= 4 is 27.3 Å². The van der Waals surface area contributed by atoms with Crippen molar-refractivity contribution in [3.8, 4) is 11.3 Å². The molecule has 0 amide bonds. The van der Waals surface area contributed by atoms with Crippen molar-refractivity contribution < 1.29 is 9.47 Å². The van der Waals surface area contributed by atoms with E-state index >= 15 is 0 Å². The molecule has 0 unspecified atom stereocenters. The number of hydrogen-bond donors (Lipinski definition) is 0. The minimum atomic E-state index is -0.285. The number of hydrogen-bond acceptors (Lipinski definition) is 4. The third-order valence-corrected chi connectivity index (χ3v) is 5.85. The maximum atomic E-state index is 5.86. The van der Waals surface area contributed by atoms with Crippen LogP contribution in [-0.4, -0.2) is 25.3 Å². The van der Waals surface area contributed by atoms with Crippen LogP contribution in [0.2, 0.25) is 0 Å². The number of nitrogens with zero attached hydrogens (tertiary/aromatic N) is 1. The number of methoxy groups -OCH3 is 1. The highest BCUT2D eigenvalue weighted by atomic mass is 79.9. The van der Waals surface area contributed by atoms with Crippen LogP contribution in [0, 0.1) is 6.92 Å². The van der Waals surface area contributed by atoms with Gasteiger partial charge in [0.15, 0.2) is 0 Å². The molecule has 0 radical (unpaired) electrons. The molecule has 0 aliphatic carbocycles. The highest BCUT2D eigenvalue weighted by Gasteiger charge is 2.38. The van der Waals surface area contributed by atoms with Gasteiger partial charge in [-0.1, -0.05) is 34.1 Å². The number of halogens is 1. The van der Waals surface area contributed by atoms with Crippen LogP contribution in [-0.2, 0) is 15.1 Å². The predicted molar refractivity (Wildman–Crippen MR) is 88.7 cm³/mol. The summed E-state index contributed by atoms with van der Waals surface area (Å²) in [6.45, 7) is 3.59. The van der Waals surface area contributed by atoms with E-state index in [-0.39, 0.29) is 5.60 Å². The second kappa shape index (κ2) is 6.16. The van der Waals surface area contributed by atoms with Gasteiger partial charge in [-0.2, -0.15) is 0 Å². The summed E-state index contributed by atoms with van der Waals surface area (Å²) in [5.41, 5.74) is 1.90. The molecule has 1 saturated heterocycles. The predicted octanol–water partition coefficient (Wildman–Crippen LogP) is 4.53. The van der Waals surface area contributed by atoms with Crippen LogP contribution in [0.5, 0.6) is 0 Å². The van der Waals surface area contributed by atoms with Gasteiger partial charge in [-0.05, 0) is 13.0 Å². The smallest absolute Gasteiger partial charge is 0.126 e. The van der Waals surface area contributed by atoms with Crippen molar-refractivity contribution in [1.82, 2.24) is 4.98 Å². The minimum Gasteiger partial charge on any atom is -0.381 e. The van der Waals surface area contributed by atoms with Gasteiger partial charge < -0.3 is 9.47 Å². The molecular weight excluding hydrogens is 350 g/mol. The zero-order chi connectivity index (χ0) is 14.9. The number of ether oxygens (including phenoxy) is 2. The van der Waals surface area contributed by atoms with Crippen LogP contribution in [0.3, 0.4) is 0 Å². The molecular formula is C16H18BrNO2S. The first-order valence-corrected chi connectivity index (χ1v) is 8.63. The summed E-state index contributed by atoms with van der Waals surface area (Å²) in [7, 11) is 1.78. The highest BCUT2D eigenvalue weighted by molar-refractivity contribution is 9.10. The molecule has 0 N–H and O–H groups in total. The lowest BCUT2D eigenvalue weighted by molar-refractivity contribution is -0.0947. The Labute approximate surface area is 137 Å². The Hall–Kier alpha value is -0.750. The van der Waals surface area contributed by atoms with Crippen molar-refractivity contribution in [3.05, 3.63) is 38.6 Å². The van der Waals surface area contributed by atoms with Crippen LogP contribution >= 0.6 is 27.3 Å². The van der Waals surface area contributed by atoms with Gasteiger partial charge in [0.25, 0.3) is 0 Å². The maximum absolute atomic E-state index is 5.86. The lowest BCUT2D eigenvalue weighted by Crippen LogP contribution is -2.35. The zero-order valence-electron chi connectivity index (χ0n) is 12.2. The van der Waals surface area contributed by atoms with Crippen LogP contribution in [0.15, 0.2) is 28.7 Å². The molecule has 1 aliphatic rings. The lowest BCUT2D eigenvalue weighted by Gasteiger charge is -2.33. The minimum absolute atomic E-state index is 0.285. The molecule has 0 spiro atoms. The maximum Gasteiger partial charge on any atom is 0.126 e. The summed E-state index contributed by atoms with van der Waals surface area (Å²) in [6.07, 6.45) is 1.73. The Morgan fingerprint density at radius 2 is 2.00 bits per heavy atom. The first-order valence-electron chi connectivity index (χ1n) is 7.02. The van der Waals surface area contributed by atoms with E-state index in [9.17, 15) is 0 Å². The Balaban J connectivity index is 2.03. The van der Waals surface area contributed by atoms with Gasteiger partial charge in [0.2, 0.25) is 0 Å². The molecule has 1 fully saturated rings. The fourth-order valence-corrected chi connectivity index (χ4v) is 4.33. The SMILES string of the molecule is COC1(c2nc(-c3ccccc3Br)c(C)s2)CCOCC1. The van der Waals surface area contributed by atoms with Crippen molar-refractivity contribution in [3.63, 3.8) is 0 Å². The summed E-state index contributed by atoms with van der Waals surface area (Å²) in [6, 6.07) is 8.21. The van der Waals surface area contributed by atoms with Crippen molar-refractivity contribution in [1.29, 1.82) is 0 Å². The topological polar surface area (TPSA) is 31.4 Å². The quantitative estimate of drug-likeness (QED) is 0.798. The standard InChI is InChI=1S/C16H18BrNO2S/c1-11-14(12-5-3-4-6-13(12)17)18-15(21-11)16(19-2)7-9-20-10-8-16/h3-6H,7-10H2,1-2H3. The number of benzene rings is 1. The monoisotopic (exact) mass is 367 g/mol. The fourth-order valence-electron chi connectivity index (χ4n) is 2.70. The Bertz CT molecular complexity index is 635. The molecule has 0 saturated carbocycles. The van der Waals surface area contributed by atoms with Gasteiger partial charge in [0.05, 0.1) is 5.69 Å². The Morgan fingerprint density at radius 3 is 2.67 bits per heavy atom. The van der Waals surface area contributed by atoms with Crippen LogP contribution in [0.25, 0.3) is 11.3 Å². The van der Waals surface area contributed by atoms with Crippen LogP contribution in [0.1, 0.15) is 22.7 Å². The lowest BCUT2D eigenvalue weighted by atomic mass is 9.95. The average molecular weight is 368 g/mol. The molecule has 3 nitrogen and oxygen atoms in total. The molecule has 0 atom stereocenters. The number of rotatable bonds is 3. The summed E-state index contributed by atoms with van der Waals surface area (Å²) >= 11 is 5.35. The largest absolute Gasteiger partial charge is 0.381 e. The van der Waals surface area contributed by atoms with E-state index in [2.05, 4.69) is 28.9 Å². The first kappa shape index (κ1) is 15.2. The van der Waals surface area contributed by atoms with Crippen molar-refractivity contribution in [2.24, 2.45) is 0 Å². The second-order valence-electron chi connectivity index (χ2n) is 5.21. The fraction of sp³-hybridized carbons (Fsp3) is 0.438. The summed E-state index contributed by atoms with van der Waals surface area (Å²) in [5, 5.41) is 1.07. The van der Waals surface area contributed by atoms with E-state index in [0.29, 0.717) is 0 Å². The van der Waals surface area contributed by atoms with E-state index in [0.717, 1.165) is 46.8 Å². The normalized spacial score (nSPS) is 17.9. The van der Waals surface area contributed by atoms with Gasteiger partial charge in [0.1, 0.15) is 10.6 Å². The molecule has 1 aromatic heterocycles. The number of aromatic nitrogens is 1. The third kappa shape index (κ3) is 2.80. The molecule has 5 heteroatoms. The molecule has 1 aliphatic heterocycles. The molecule has 21 heavy (non-hydrogen) atoms. The third-order valence-electron chi connectivity index (χ3n) is 4.01. The molecule has 3 rings (SSSR count). The van der Waals surface area contributed by atoms with E-state index in [4.69, 9.17) is 14.5 Å². The average Bonchev–Trinajstić information content (AvgIpc) is 2.91. The molecule has 2 heterocycles. The van der Waals surface area contributed by atoms with Gasteiger partial charge in [-0.3, -0.25) is 0 Å². The van der Waals surface area contributed by atoms with Gasteiger partial charge in [-0.15, -0.1) is 11.3 Å². The van der Waals surface area contributed by atoms with E-state index in [1.807, 2.05) is 18.2 Å². The van der Waals surface area contributed by atoms with Gasteiger partial charge in [0, 0.05) is 48.1 Å². The molecule has 112 valence electrons. The number of aryl methyl sites for hydroxylation is 1. The van der Waals surface area contributed by atoms with Crippen molar-refractivity contribution in [2.75, 3.05) is 20.3 Å². The summed E-state index contributed by atoms with van der Waals surface area (Å²) < 4.78 is 12.4. The summed E-state index contributed by atoms with van der Waals surface area (Å²) in [5.74, 6) is 0. The van der Waals surface area contributed by atoms with E-state index < -0.39 is 0 Å². The van der Waals surface area contributed by atoms with Crippen LogP contribution < -0.4 is 0 Å². The molecule has 2 aromatic rings. The van der Waals surface area contributed by atoms with E-state index in [1.54, 1.807) is 18.4 Å². The number of thiazole rings is 1. The van der Waals surface area contributed by atoms with Crippen LogP contribution in [0.4, 0.5) is 0 Å². The Kier molecular flexibility index (Phi) is 4.45. The van der Waals surface area contributed by atoms with Gasteiger partial charge >= 0.3 is 0 Å². The Morgan fingerprint density at radius 1 is 1.29 bits per heavy atom. The van der Waals surface area contributed by atoms with E-state index in [1.165, 1.54) is 4.88 Å². The molecule has 1 aromatic carbocycles. The van der Waals surface area contributed by atoms with Gasteiger partial charge in [-0.25, -0.2) is 4.98 Å². The summed E-state index contributed by atoms with van der Waals surface area (Å²) in [4.78, 5) is 6.14. The highest BCUT2D eigenvalue weighted by Crippen LogP contribution is 2.41. The van der Waals surface area contributed by atoms with Crippen molar-refractivity contribution in [2.45, 2.75) is 25.4 Å². The molecule has 0 bridgehead atoms. The second-order valence-corrected chi connectivity index (χ2v) is 7.27. The zero-order valence-corrected chi connectivity index (χ0v) is 14.6. The first-order chi connectivity index (χ1) is 10.2.